The quantitative estimate of drug-likeness (QED) is 0.158. The monoisotopic (exact) mass is 417 g/mol. The van der Waals surface area contributed by atoms with E-state index in [9.17, 15) is 0 Å². The molecule has 0 saturated carbocycles. The van der Waals surface area contributed by atoms with E-state index >= 15 is 0 Å². The minimum atomic E-state index is -1.93. The van der Waals surface area contributed by atoms with Crippen LogP contribution in [0.5, 0.6) is 0 Å². The average Bonchev–Trinajstić information content (AvgIpc) is 2.69. The topological polar surface area (TPSA) is 30.9 Å². The van der Waals surface area contributed by atoms with Crippen LogP contribution in [-0.2, 0) is 13.3 Å². The molecule has 0 amide bonds. The van der Waals surface area contributed by atoms with Gasteiger partial charge < -0.3 is 18.2 Å². The van der Waals surface area contributed by atoms with Gasteiger partial charge in [-0.15, -0.1) is 0 Å². The lowest BCUT2D eigenvalue weighted by atomic mass is 10.0. The molecule has 0 aromatic rings. The van der Waals surface area contributed by atoms with Crippen molar-refractivity contribution in [3.05, 3.63) is 0 Å². The van der Waals surface area contributed by atoms with Crippen LogP contribution in [0.3, 0.4) is 0 Å². The lowest BCUT2D eigenvalue weighted by Crippen LogP contribution is -2.29. The first kappa shape index (κ1) is 28.1. The Hall–Kier alpha value is 0.0569. The molecule has 0 spiro atoms. The first-order chi connectivity index (χ1) is 13.7. The summed E-state index contributed by atoms with van der Waals surface area (Å²) >= 11 is 0. The highest BCUT2D eigenvalue weighted by molar-refractivity contribution is 6.36. The molecule has 0 saturated heterocycles. The predicted molar refractivity (Wildman–Crippen MR) is 124 cm³/mol. The highest BCUT2D eigenvalue weighted by Gasteiger charge is 2.16. The van der Waals surface area contributed by atoms with Crippen molar-refractivity contribution in [1.29, 1.82) is 0 Å². The van der Waals surface area contributed by atoms with Crippen LogP contribution in [0.4, 0.5) is 0 Å². The Bertz CT molecular complexity index is 290. The van der Waals surface area contributed by atoms with E-state index in [1.165, 1.54) is 58.2 Å². The molecule has 0 aromatic carbocycles. The van der Waals surface area contributed by atoms with Crippen LogP contribution in [0.25, 0.3) is 0 Å². The zero-order valence-electron chi connectivity index (χ0n) is 19.8. The minimum Gasteiger partial charge on any atom is -0.376 e. The van der Waals surface area contributed by atoms with Gasteiger partial charge in [0.2, 0.25) is 0 Å². The zero-order valence-corrected chi connectivity index (χ0v) is 21.0. The van der Waals surface area contributed by atoms with Crippen molar-refractivity contribution < 1.29 is 13.3 Å². The fraction of sp³-hybridized carbons (Fsp3) is 1.00. The van der Waals surface area contributed by atoms with E-state index in [0.29, 0.717) is 5.92 Å². The van der Waals surface area contributed by atoms with Crippen molar-refractivity contribution in [3.8, 4) is 0 Å². The molecule has 0 rings (SSSR count). The molecule has 0 fully saturated rings. The normalized spacial score (nSPS) is 13.0. The van der Waals surface area contributed by atoms with Gasteiger partial charge in [0, 0.05) is 19.8 Å². The van der Waals surface area contributed by atoms with Crippen LogP contribution in [0.2, 0.25) is 0 Å². The van der Waals surface area contributed by atoms with Gasteiger partial charge in [-0.3, -0.25) is 0 Å². The summed E-state index contributed by atoms with van der Waals surface area (Å²) in [5.74, 6) is 0.708. The van der Waals surface area contributed by atoms with E-state index in [1.54, 1.807) is 0 Å². The van der Waals surface area contributed by atoms with Gasteiger partial charge in [0.25, 0.3) is 0 Å². The third kappa shape index (κ3) is 18.1. The first-order valence-electron chi connectivity index (χ1n) is 12.2. The molecule has 0 aliphatic carbocycles. The van der Waals surface area contributed by atoms with Crippen molar-refractivity contribution >= 4 is 9.53 Å². The third-order valence-corrected chi connectivity index (χ3v) is 6.72. The van der Waals surface area contributed by atoms with Crippen molar-refractivity contribution in [3.63, 3.8) is 0 Å². The molecule has 0 aliphatic rings. The zero-order chi connectivity index (χ0) is 20.9. The van der Waals surface area contributed by atoms with Gasteiger partial charge in [0.05, 0.1) is 0 Å². The van der Waals surface area contributed by atoms with Gasteiger partial charge in [0.1, 0.15) is 0 Å². The smallest absolute Gasteiger partial charge is 0.376 e. The molecule has 0 heterocycles. The highest BCUT2D eigenvalue weighted by Crippen LogP contribution is 2.12. The van der Waals surface area contributed by atoms with Gasteiger partial charge in [-0.25, -0.2) is 0 Å². The molecule has 0 aliphatic heterocycles. The molecule has 170 valence electrons. The summed E-state index contributed by atoms with van der Waals surface area (Å²) < 4.78 is 17.8. The van der Waals surface area contributed by atoms with Gasteiger partial charge in [-0.1, -0.05) is 60.3 Å². The lowest BCUT2D eigenvalue weighted by molar-refractivity contribution is 0.0862. The molecule has 0 bridgehead atoms. The number of hydrogen-bond acceptors (Lipinski definition) is 4. The maximum atomic E-state index is 6.02. The van der Waals surface area contributed by atoms with Crippen molar-refractivity contribution in [2.24, 2.45) is 5.92 Å². The molecule has 0 aromatic heterocycles. The maximum absolute atomic E-state index is 6.02. The molecular weight excluding hydrogens is 366 g/mol. The van der Waals surface area contributed by atoms with Gasteiger partial charge in [0.15, 0.2) is 0 Å². The van der Waals surface area contributed by atoms with Gasteiger partial charge in [-0.05, 0) is 70.5 Å². The summed E-state index contributed by atoms with van der Waals surface area (Å²) in [5, 5.41) is 0. The fourth-order valence-corrected chi connectivity index (χ4v) is 4.40. The first-order valence-corrected chi connectivity index (χ1v) is 13.7. The molecular formula is C23H51NO3Si. The Morgan fingerprint density at radius 1 is 0.607 bits per heavy atom. The van der Waals surface area contributed by atoms with Crippen LogP contribution < -0.4 is 0 Å². The van der Waals surface area contributed by atoms with Gasteiger partial charge in [-0.2, -0.15) is 0 Å². The SMILES string of the molecule is CCCCO[SiH](OCCCC)OCCC(C)CCCN(CCCC)CCCC. The Morgan fingerprint density at radius 2 is 1.07 bits per heavy atom. The van der Waals surface area contributed by atoms with Gasteiger partial charge >= 0.3 is 9.53 Å². The van der Waals surface area contributed by atoms with E-state index < -0.39 is 9.53 Å². The van der Waals surface area contributed by atoms with E-state index in [0.717, 1.165) is 51.9 Å². The number of hydrogen-bond donors (Lipinski definition) is 0. The summed E-state index contributed by atoms with van der Waals surface area (Å²) in [6.07, 6.45) is 13.4. The van der Waals surface area contributed by atoms with Crippen LogP contribution in [0.15, 0.2) is 0 Å². The average molecular weight is 418 g/mol. The van der Waals surface area contributed by atoms with E-state index in [1.807, 2.05) is 0 Å². The Kier molecular flexibility index (Phi) is 21.8. The fourth-order valence-electron chi connectivity index (χ4n) is 3.06. The lowest BCUT2D eigenvalue weighted by Gasteiger charge is -2.23. The second kappa shape index (κ2) is 21.8. The maximum Gasteiger partial charge on any atom is 0.484 e. The van der Waals surface area contributed by atoms with Crippen LogP contribution in [-0.4, -0.2) is 53.9 Å². The second-order valence-corrected chi connectivity index (χ2v) is 9.77. The standard InChI is InChI=1S/C23H51NO3Si/c1-6-10-17-24(18-11-7-2)19-14-15-23(5)16-22-27-28(25-20-12-8-3)26-21-13-9-4/h23,28H,6-22H2,1-5H3. The number of nitrogens with zero attached hydrogens (tertiary/aromatic N) is 1. The molecule has 0 radical (unpaired) electrons. The summed E-state index contributed by atoms with van der Waals surface area (Å²) in [5.41, 5.74) is 0. The van der Waals surface area contributed by atoms with E-state index in [4.69, 9.17) is 13.3 Å². The molecule has 0 N–H and O–H groups in total. The second-order valence-electron chi connectivity index (χ2n) is 8.19. The number of rotatable bonds is 22. The Morgan fingerprint density at radius 3 is 1.57 bits per heavy atom. The van der Waals surface area contributed by atoms with Crippen LogP contribution >= 0.6 is 0 Å². The van der Waals surface area contributed by atoms with Crippen molar-refractivity contribution in [1.82, 2.24) is 4.90 Å². The molecule has 5 heteroatoms. The predicted octanol–water partition coefficient (Wildman–Crippen LogP) is 6.06. The van der Waals surface area contributed by atoms with Crippen molar-refractivity contribution in [2.45, 2.75) is 105 Å². The molecule has 1 atom stereocenters. The minimum absolute atomic E-state index is 0.708. The van der Waals surface area contributed by atoms with E-state index in [2.05, 4.69) is 39.5 Å². The number of unbranched alkanes of at least 4 members (excludes halogenated alkanes) is 4. The van der Waals surface area contributed by atoms with Crippen LogP contribution in [0, 0.1) is 5.92 Å². The summed E-state index contributed by atoms with van der Waals surface area (Å²) in [4.78, 5) is 2.67. The summed E-state index contributed by atoms with van der Waals surface area (Å²) in [7, 11) is -1.93. The third-order valence-electron chi connectivity index (χ3n) is 5.20. The molecule has 1 unspecified atom stereocenters. The Balaban J connectivity index is 3.98. The largest absolute Gasteiger partial charge is 0.484 e. The highest BCUT2D eigenvalue weighted by atomic mass is 28.3. The molecule has 28 heavy (non-hydrogen) atoms. The summed E-state index contributed by atoms with van der Waals surface area (Å²) in [6.45, 7) is 17.4. The summed E-state index contributed by atoms with van der Waals surface area (Å²) in [6, 6.07) is 0. The van der Waals surface area contributed by atoms with Crippen molar-refractivity contribution in [2.75, 3.05) is 39.5 Å². The molecule has 4 nitrogen and oxygen atoms in total. The Labute approximate surface area is 178 Å². The van der Waals surface area contributed by atoms with Crippen LogP contribution in [0.1, 0.15) is 105 Å². The van der Waals surface area contributed by atoms with E-state index in [-0.39, 0.29) is 0 Å².